The predicted molar refractivity (Wildman–Crippen MR) is 89.2 cm³/mol. The summed E-state index contributed by atoms with van der Waals surface area (Å²) < 4.78 is 1.43. The Morgan fingerprint density at radius 2 is 1.78 bits per heavy atom. The van der Waals surface area contributed by atoms with E-state index in [1.807, 2.05) is 30.3 Å². The van der Waals surface area contributed by atoms with Crippen LogP contribution in [-0.2, 0) is 6.42 Å². The molecule has 0 aliphatic heterocycles. The van der Waals surface area contributed by atoms with Crippen molar-refractivity contribution < 1.29 is 9.90 Å². The first kappa shape index (κ1) is 15.0. The Kier molecular flexibility index (Phi) is 3.98. The van der Waals surface area contributed by atoms with Gasteiger partial charge in [-0.05, 0) is 17.7 Å². The van der Waals surface area contributed by atoms with Gasteiger partial charge in [0.2, 0.25) is 0 Å². The molecule has 0 unspecified atom stereocenters. The van der Waals surface area contributed by atoms with Crippen LogP contribution in [0.4, 0.5) is 0 Å². The fraction of sp³-hybridized carbons (Fsp3) is 0.158. The van der Waals surface area contributed by atoms with Gasteiger partial charge in [-0.15, -0.1) is 0 Å². The molecular weight excluding hydrogens is 290 g/mol. The van der Waals surface area contributed by atoms with Gasteiger partial charge in [0.25, 0.3) is 5.56 Å². The maximum Gasteiger partial charge on any atom is 0.262 e. The van der Waals surface area contributed by atoms with E-state index in [0.29, 0.717) is 5.52 Å². The van der Waals surface area contributed by atoms with Crippen molar-refractivity contribution in [3.63, 3.8) is 0 Å². The van der Waals surface area contributed by atoms with E-state index in [1.165, 1.54) is 4.40 Å². The summed E-state index contributed by atoms with van der Waals surface area (Å²) in [5.41, 5.74) is 1.52. The smallest absolute Gasteiger partial charge is 0.262 e. The Hall–Kier alpha value is -2.88. The Labute approximate surface area is 133 Å². The second-order valence-electron chi connectivity index (χ2n) is 5.40. The monoisotopic (exact) mass is 307 g/mol. The van der Waals surface area contributed by atoms with Crippen molar-refractivity contribution in [2.75, 3.05) is 0 Å². The topological polar surface area (TPSA) is 58.8 Å². The molecule has 0 fully saturated rings. The zero-order chi connectivity index (χ0) is 16.4. The van der Waals surface area contributed by atoms with Crippen LogP contribution in [0.25, 0.3) is 5.52 Å². The van der Waals surface area contributed by atoms with E-state index in [-0.39, 0.29) is 41.1 Å². The molecule has 0 saturated heterocycles. The quantitative estimate of drug-likeness (QED) is 0.753. The van der Waals surface area contributed by atoms with Crippen molar-refractivity contribution in [3.8, 4) is 5.75 Å². The molecule has 3 rings (SSSR count). The Morgan fingerprint density at radius 1 is 1.09 bits per heavy atom. The van der Waals surface area contributed by atoms with Crippen LogP contribution in [0.5, 0.6) is 5.75 Å². The first-order valence-corrected chi connectivity index (χ1v) is 7.55. The van der Waals surface area contributed by atoms with Crippen molar-refractivity contribution in [1.29, 1.82) is 0 Å². The second kappa shape index (κ2) is 6.08. The number of hydrogen-bond donors (Lipinski definition) is 1. The minimum absolute atomic E-state index is 0.180. The van der Waals surface area contributed by atoms with Gasteiger partial charge < -0.3 is 5.11 Å². The van der Waals surface area contributed by atoms with Gasteiger partial charge in [-0.2, -0.15) is 0 Å². The molecule has 0 saturated carbocycles. The van der Waals surface area contributed by atoms with Crippen molar-refractivity contribution in [2.45, 2.75) is 19.8 Å². The average molecular weight is 307 g/mol. The molecule has 4 nitrogen and oxygen atoms in total. The van der Waals surface area contributed by atoms with E-state index in [0.717, 1.165) is 5.56 Å². The van der Waals surface area contributed by atoms with Gasteiger partial charge in [0.05, 0.1) is 16.6 Å². The molecule has 0 amide bonds. The fourth-order valence-electron chi connectivity index (χ4n) is 2.75. The third-order valence-corrected chi connectivity index (χ3v) is 3.94. The minimum Gasteiger partial charge on any atom is -0.507 e. The largest absolute Gasteiger partial charge is 0.507 e. The molecule has 2 heterocycles. The molecule has 0 spiro atoms. The van der Waals surface area contributed by atoms with Crippen LogP contribution in [0.15, 0.2) is 59.5 Å². The lowest BCUT2D eigenvalue weighted by Gasteiger charge is -2.13. The highest BCUT2D eigenvalue weighted by Gasteiger charge is 2.21. The molecule has 0 bridgehead atoms. The highest BCUT2D eigenvalue weighted by atomic mass is 16.3. The summed E-state index contributed by atoms with van der Waals surface area (Å²) in [6.45, 7) is 1.74. The van der Waals surface area contributed by atoms with Crippen LogP contribution >= 0.6 is 0 Å². The van der Waals surface area contributed by atoms with Crippen LogP contribution in [0.3, 0.4) is 0 Å². The number of fused-ring (bicyclic) bond motifs is 1. The van der Waals surface area contributed by atoms with Crippen LogP contribution in [0.2, 0.25) is 0 Å². The molecule has 4 heteroatoms. The third-order valence-electron chi connectivity index (χ3n) is 3.94. The number of aromatic hydroxyl groups is 1. The number of nitrogens with zero attached hydrogens (tertiary/aromatic N) is 1. The summed E-state index contributed by atoms with van der Waals surface area (Å²) in [7, 11) is 0. The average Bonchev–Trinajstić information content (AvgIpc) is 2.59. The van der Waals surface area contributed by atoms with Crippen LogP contribution < -0.4 is 5.56 Å². The van der Waals surface area contributed by atoms with Gasteiger partial charge >= 0.3 is 0 Å². The number of ketones is 1. The molecule has 0 aliphatic carbocycles. The molecule has 0 aliphatic rings. The molecule has 2 aromatic heterocycles. The van der Waals surface area contributed by atoms with Gasteiger partial charge in [-0.25, -0.2) is 0 Å². The molecule has 1 aromatic carbocycles. The summed E-state index contributed by atoms with van der Waals surface area (Å²) in [4.78, 5) is 25.0. The molecule has 0 radical (unpaired) electrons. The first-order chi connectivity index (χ1) is 11.1. The lowest BCUT2D eigenvalue weighted by atomic mass is 9.99. The lowest BCUT2D eigenvalue weighted by Crippen LogP contribution is -2.21. The summed E-state index contributed by atoms with van der Waals surface area (Å²) in [6, 6.07) is 14.6. The van der Waals surface area contributed by atoms with Crippen molar-refractivity contribution in [3.05, 3.63) is 81.8 Å². The Morgan fingerprint density at radius 3 is 2.48 bits per heavy atom. The highest BCUT2D eigenvalue weighted by Crippen LogP contribution is 2.27. The molecule has 1 N–H and O–H groups in total. The van der Waals surface area contributed by atoms with Crippen molar-refractivity contribution >= 4 is 11.3 Å². The zero-order valence-electron chi connectivity index (χ0n) is 12.8. The number of pyridine rings is 2. The maximum atomic E-state index is 12.7. The molecule has 0 atom stereocenters. The van der Waals surface area contributed by atoms with Gasteiger partial charge in [0.15, 0.2) is 5.78 Å². The third kappa shape index (κ3) is 2.63. The normalized spacial score (nSPS) is 10.8. The standard InChI is InChI=1S/C19H17NO3/c1-2-16(21)17-15-10-6-7-11-20(15)19(23)14(18(17)22)12-13-8-4-3-5-9-13/h3-11,22H,2,12H2,1H3. The van der Waals surface area contributed by atoms with Gasteiger partial charge in [0, 0.05) is 19.0 Å². The maximum absolute atomic E-state index is 12.7. The Bertz CT molecular complexity index is 926. The van der Waals surface area contributed by atoms with Crippen LogP contribution in [-0.4, -0.2) is 15.3 Å². The lowest BCUT2D eigenvalue weighted by molar-refractivity contribution is 0.0986. The molecular formula is C19H17NO3. The van der Waals surface area contributed by atoms with E-state index in [9.17, 15) is 14.7 Å². The number of aromatic nitrogens is 1. The van der Waals surface area contributed by atoms with Crippen LogP contribution in [0.1, 0.15) is 34.8 Å². The van der Waals surface area contributed by atoms with E-state index < -0.39 is 0 Å². The van der Waals surface area contributed by atoms with E-state index in [4.69, 9.17) is 0 Å². The number of rotatable bonds is 4. The molecule has 23 heavy (non-hydrogen) atoms. The fourth-order valence-corrected chi connectivity index (χ4v) is 2.75. The number of Topliss-reactive ketones (excluding diaryl/α,β-unsaturated/α-hetero) is 1. The van der Waals surface area contributed by atoms with E-state index in [2.05, 4.69) is 0 Å². The SMILES string of the molecule is CCC(=O)c1c(O)c(Cc2ccccc2)c(=O)n2ccccc12. The summed E-state index contributed by atoms with van der Waals surface area (Å²) in [5.74, 6) is -0.377. The predicted octanol–water partition coefficient (Wildman–Crippen LogP) is 3.19. The number of benzene rings is 1. The number of carbonyl (C=O) groups excluding carboxylic acids is 1. The Balaban J connectivity index is 2.30. The molecule has 3 aromatic rings. The molecule has 116 valence electrons. The van der Waals surface area contributed by atoms with E-state index >= 15 is 0 Å². The van der Waals surface area contributed by atoms with Gasteiger partial charge in [-0.3, -0.25) is 14.0 Å². The minimum atomic E-state index is -0.297. The number of hydrogen-bond acceptors (Lipinski definition) is 3. The van der Waals surface area contributed by atoms with Gasteiger partial charge in [0.1, 0.15) is 5.75 Å². The van der Waals surface area contributed by atoms with Crippen molar-refractivity contribution in [2.24, 2.45) is 0 Å². The van der Waals surface area contributed by atoms with Crippen LogP contribution in [0, 0.1) is 0 Å². The zero-order valence-corrected chi connectivity index (χ0v) is 12.8. The summed E-state index contributed by atoms with van der Waals surface area (Å²) in [6.07, 6.45) is 2.17. The summed E-state index contributed by atoms with van der Waals surface area (Å²) >= 11 is 0. The first-order valence-electron chi connectivity index (χ1n) is 7.55. The van der Waals surface area contributed by atoms with Crippen molar-refractivity contribution in [1.82, 2.24) is 4.40 Å². The second-order valence-corrected chi connectivity index (χ2v) is 5.40. The van der Waals surface area contributed by atoms with Gasteiger partial charge in [-0.1, -0.05) is 43.3 Å². The van der Waals surface area contributed by atoms with E-state index in [1.54, 1.807) is 31.3 Å². The number of carbonyl (C=O) groups is 1. The highest BCUT2D eigenvalue weighted by molar-refractivity contribution is 6.05. The summed E-state index contributed by atoms with van der Waals surface area (Å²) in [5, 5.41) is 10.6.